The Hall–Kier alpha value is -0.150. The van der Waals surface area contributed by atoms with Crippen molar-refractivity contribution in [1.82, 2.24) is 5.32 Å². The third-order valence-electron chi connectivity index (χ3n) is 1.80. The number of amides is 1. The molecule has 1 rings (SSSR count). The average molecular weight is 206 g/mol. The zero-order valence-corrected chi connectivity index (χ0v) is 8.38. The molecule has 1 saturated heterocycles. The summed E-state index contributed by atoms with van der Waals surface area (Å²) in [5.41, 5.74) is 0. The van der Waals surface area contributed by atoms with E-state index in [2.05, 4.69) is 11.9 Å². The van der Waals surface area contributed by atoms with E-state index >= 15 is 0 Å². The molecular formula is C8H12ClNOS. The van der Waals surface area contributed by atoms with Crippen molar-refractivity contribution in [3.05, 3.63) is 11.6 Å². The van der Waals surface area contributed by atoms with Gasteiger partial charge in [0.2, 0.25) is 0 Å². The number of hydrogen-bond donors (Lipinski definition) is 1. The molecule has 1 aliphatic rings. The van der Waals surface area contributed by atoms with Gasteiger partial charge in [-0.3, -0.25) is 4.79 Å². The van der Waals surface area contributed by atoms with Gasteiger partial charge in [0.05, 0.1) is 5.03 Å². The second kappa shape index (κ2) is 4.77. The lowest BCUT2D eigenvalue weighted by molar-refractivity contribution is -0.117. The van der Waals surface area contributed by atoms with Crippen LogP contribution in [0.2, 0.25) is 0 Å². The van der Waals surface area contributed by atoms with Crippen LogP contribution in [0.25, 0.3) is 0 Å². The summed E-state index contributed by atoms with van der Waals surface area (Å²) in [6.45, 7) is 3.37. The molecule has 0 aromatic carbocycles. The first-order valence-electron chi connectivity index (χ1n) is 3.93. The van der Waals surface area contributed by atoms with Gasteiger partial charge in [0.1, 0.15) is 0 Å². The van der Waals surface area contributed by atoms with Crippen molar-refractivity contribution in [2.24, 2.45) is 0 Å². The molecule has 0 aliphatic carbocycles. The van der Waals surface area contributed by atoms with Crippen LogP contribution in [0.1, 0.15) is 12.8 Å². The highest BCUT2D eigenvalue weighted by molar-refractivity contribution is 7.99. The number of carbonyl (C=O) groups is 1. The van der Waals surface area contributed by atoms with E-state index in [0.29, 0.717) is 6.04 Å². The molecular weight excluding hydrogens is 194 g/mol. The minimum Gasteiger partial charge on any atom is -0.349 e. The molecule has 68 valence electrons. The monoisotopic (exact) mass is 205 g/mol. The Kier molecular flexibility index (Phi) is 3.95. The van der Waals surface area contributed by atoms with Crippen molar-refractivity contribution < 1.29 is 4.79 Å². The normalized spacial score (nSPS) is 18.8. The predicted octanol–water partition coefficient (Wildman–Crippen LogP) is 1.75. The van der Waals surface area contributed by atoms with Crippen molar-refractivity contribution in [2.45, 2.75) is 18.9 Å². The van der Waals surface area contributed by atoms with Gasteiger partial charge < -0.3 is 5.32 Å². The second-order valence-electron chi connectivity index (χ2n) is 2.77. The molecule has 1 N–H and O–H groups in total. The van der Waals surface area contributed by atoms with Crippen LogP contribution >= 0.6 is 23.4 Å². The van der Waals surface area contributed by atoms with Gasteiger partial charge in [-0.05, 0) is 24.3 Å². The Bertz CT molecular complexity index is 189. The molecule has 0 bridgehead atoms. The summed E-state index contributed by atoms with van der Waals surface area (Å²) < 4.78 is 0. The average Bonchev–Trinajstić information content (AvgIpc) is 2.06. The number of rotatable bonds is 2. The van der Waals surface area contributed by atoms with E-state index in [9.17, 15) is 4.79 Å². The highest BCUT2D eigenvalue weighted by atomic mass is 35.5. The van der Waals surface area contributed by atoms with E-state index in [4.69, 9.17) is 11.6 Å². The maximum Gasteiger partial charge on any atom is 0.262 e. The van der Waals surface area contributed by atoms with E-state index in [1.54, 1.807) is 0 Å². The molecule has 0 spiro atoms. The molecule has 0 saturated carbocycles. The van der Waals surface area contributed by atoms with Gasteiger partial charge in [0.15, 0.2) is 0 Å². The molecule has 0 atom stereocenters. The van der Waals surface area contributed by atoms with Gasteiger partial charge >= 0.3 is 0 Å². The summed E-state index contributed by atoms with van der Waals surface area (Å²) in [5.74, 6) is 2.02. The van der Waals surface area contributed by atoms with Crippen LogP contribution in [-0.4, -0.2) is 23.5 Å². The predicted molar refractivity (Wildman–Crippen MR) is 53.5 cm³/mol. The van der Waals surface area contributed by atoms with Crippen LogP contribution in [0.4, 0.5) is 0 Å². The molecule has 0 aromatic rings. The first kappa shape index (κ1) is 9.93. The fourth-order valence-electron chi connectivity index (χ4n) is 1.11. The molecule has 0 radical (unpaired) electrons. The summed E-state index contributed by atoms with van der Waals surface area (Å²) in [4.78, 5) is 11.1. The number of nitrogens with one attached hydrogen (secondary N) is 1. The van der Waals surface area contributed by atoms with Gasteiger partial charge in [-0.1, -0.05) is 18.2 Å². The fraction of sp³-hybridized carbons (Fsp3) is 0.625. The first-order valence-corrected chi connectivity index (χ1v) is 5.46. The maximum absolute atomic E-state index is 11.1. The quantitative estimate of drug-likeness (QED) is 0.696. The van der Waals surface area contributed by atoms with Crippen LogP contribution in [0, 0.1) is 0 Å². The minimum atomic E-state index is -0.228. The molecule has 0 unspecified atom stereocenters. The summed E-state index contributed by atoms with van der Waals surface area (Å²) in [6, 6.07) is 0.300. The molecule has 1 amide bonds. The Morgan fingerprint density at radius 3 is 2.58 bits per heavy atom. The van der Waals surface area contributed by atoms with Gasteiger partial charge in [-0.15, -0.1) is 0 Å². The third kappa shape index (κ3) is 3.07. The summed E-state index contributed by atoms with van der Waals surface area (Å²) >= 11 is 7.36. The van der Waals surface area contributed by atoms with Crippen molar-refractivity contribution in [3.8, 4) is 0 Å². The van der Waals surface area contributed by atoms with E-state index < -0.39 is 0 Å². The van der Waals surface area contributed by atoms with Crippen LogP contribution in [-0.2, 0) is 4.79 Å². The van der Waals surface area contributed by atoms with Crippen molar-refractivity contribution in [3.63, 3.8) is 0 Å². The van der Waals surface area contributed by atoms with E-state index in [-0.39, 0.29) is 10.9 Å². The standard InChI is InChI=1S/C8H12ClNOS/c1-6(9)8(11)10-7-2-4-12-5-3-7/h7H,1-5H2,(H,10,11). The van der Waals surface area contributed by atoms with Crippen molar-refractivity contribution >= 4 is 29.3 Å². The number of halogens is 1. The molecule has 2 nitrogen and oxygen atoms in total. The maximum atomic E-state index is 11.1. The molecule has 1 heterocycles. The highest BCUT2D eigenvalue weighted by Crippen LogP contribution is 2.17. The smallest absolute Gasteiger partial charge is 0.262 e. The molecule has 0 aromatic heterocycles. The van der Waals surface area contributed by atoms with Crippen molar-refractivity contribution in [1.29, 1.82) is 0 Å². The van der Waals surface area contributed by atoms with Crippen LogP contribution in [0.5, 0.6) is 0 Å². The number of hydrogen-bond acceptors (Lipinski definition) is 2. The lowest BCUT2D eigenvalue weighted by atomic mass is 10.1. The molecule has 1 fully saturated rings. The lowest BCUT2D eigenvalue weighted by Gasteiger charge is -2.22. The molecule has 4 heteroatoms. The SMILES string of the molecule is C=C(Cl)C(=O)NC1CCSCC1. The fourth-order valence-corrected chi connectivity index (χ4v) is 2.27. The third-order valence-corrected chi connectivity index (χ3v) is 3.02. The highest BCUT2D eigenvalue weighted by Gasteiger charge is 2.16. The Morgan fingerprint density at radius 2 is 2.08 bits per heavy atom. The van der Waals surface area contributed by atoms with Gasteiger partial charge in [-0.25, -0.2) is 0 Å². The van der Waals surface area contributed by atoms with Crippen LogP contribution < -0.4 is 5.32 Å². The van der Waals surface area contributed by atoms with E-state index in [0.717, 1.165) is 24.3 Å². The number of carbonyl (C=O) groups excluding carboxylic acids is 1. The Labute approximate surface area is 81.7 Å². The van der Waals surface area contributed by atoms with Gasteiger partial charge in [0.25, 0.3) is 5.91 Å². The first-order chi connectivity index (χ1) is 5.70. The zero-order chi connectivity index (χ0) is 8.97. The van der Waals surface area contributed by atoms with E-state index in [1.165, 1.54) is 0 Å². The number of thioether (sulfide) groups is 1. The Balaban J connectivity index is 2.29. The topological polar surface area (TPSA) is 29.1 Å². The minimum absolute atomic E-state index is 0.0771. The summed E-state index contributed by atoms with van der Waals surface area (Å²) in [6.07, 6.45) is 2.08. The molecule has 1 aliphatic heterocycles. The lowest BCUT2D eigenvalue weighted by Crippen LogP contribution is -2.37. The molecule has 12 heavy (non-hydrogen) atoms. The van der Waals surface area contributed by atoms with Crippen LogP contribution in [0.15, 0.2) is 11.6 Å². The largest absolute Gasteiger partial charge is 0.349 e. The van der Waals surface area contributed by atoms with E-state index in [1.807, 2.05) is 11.8 Å². The van der Waals surface area contributed by atoms with Crippen molar-refractivity contribution in [2.75, 3.05) is 11.5 Å². The summed E-state index contributed by atoms with van der Waals surface area (Å²) in [5, 5.41) is 2.91. The second-order valence-corrected chi connectivity index (χ2v) is 4.45. The summed E-state index contributed by atoms with van der Waals surface area (Å²) in [7, 11) is 0. The van der Waals surface area contributed by atoms with Crippen LogP contribution in [0.3, 0.4) is 0 Å². The Morgan fingerprint density at radius 1 is 1.50 bits per heavy atom. The van der Waals surface area contributed by atoms with Gasteiger partial charge in [0, 0.05) is 6.04 Å². The zero-order valence-electron chi connectivity index (χ0n) is 6.81. The van der Waals surface area contributed by atoms with Gasteiger partial charge in [-0.2, -0.15) is 11.8 Å².